The lowest BCUT2D eigenvalue weighted by Gasteiger charge is -2.05. The lowest BCUT2D eigenvalue weighted by molar-refractivity contribution is 0.282. The maximum absolute atomic E-state index is 9.20. The Hall–Kier alpha value is -0.380. The van der Waals surface area contributed by atoms with Gasteiger partial charge in [0.05, 0.1) is 6.61 Å². The van der Waals surface area contributed by atoms with E-state index < -0.39 is 0 Å². The molecule has 0 atom stereocenters. The van der Waals surface area contributed by atoms with Crippen molar-refractivity contribution in [3.8, 4) is 0 Å². The molecule has 0 saturated heterocycles. The van der Waals surface area contributed by atoms with E-state index in [-0.39, 0.29) is 6.61 Å². The molecule has 1 nitrogen and oxygen atoms in total. The molecule has 1 aromatic carbocycles. The Labute approximate surface area is 89.1 Å². The first-order valence-electron chi connectivity index (χ1n) is 4.00. The van der Waals surface area contributed by atoms with E-state index >= 15 is 0 Å². The molecule has 0 spiro atoms. The minimum Gasteiger partial charge on any atom is -0.392 e. The normalized spacial score (nSPS) is 11.0. The third-order valence-electron chi connectivity index (χ3n) is 2.14. The smallest absolute Gasteiger partial charge is 0.0699 e. The average molecular weight is 257 g/mol. The molecule has 1 N–H and O–H groups in total. The van der Waals surface area contributed by atoms with Crippen LogP contribution in [0.3, 0.4) is 0 Å². The van der Waals surface area contributed by atoms with Crippen molar-refractivity contribution in [2.45, 2.75) is 13.5 Å². The van der Waals surface area contributed by atoms with E-state index in [0.717, 1.165) is 10.0 Å². The van der Waals surface area contributed by atoms with Gasteiger partial charge in [0.2, 0.25) is 0 Å². The highest BCUT2D eigenvalue weighted by atomic mass is 79.9. The van der Waals surface area contributed by atoms with E-state index in [9.17, 15) is 5.11 Å². The zero-order valence-corrected chi connectivity index (χ0v) is 9.58. The van der Waals surface area contributed by atoms with Crippen molar-refractivity contribution in [2.24, 2.45) is 0 Å². The molecule has 0 amide bonds. The molecule has 1 heterocycles. The van der Waals surface area contributed by atoms with Gasteiger partial charge in [-0.05, 0) is 35.4 Å². The van der Waals surface area contributed by atoms with E-state index in [2.05, 4.69) is 40.4 Å². The Bertz CT molecular complexity index is 447. The molecule has 0 aliphatic heterocycles. The van der Waals surface area contributed by atoms with Gasteiger partial charge in [0.25, 0.3) is 0 Å². The Morgan fingerprint density at radius 2 is 2.31 bits per heavy atom. The van der Waals surface area contributed by atoms with Crippen LogP contribution in [0.5, 0.6) is 0 Å². The van der Waals surface area contributed by atoms with Gasteiger partial charge >= 0.3 is 0 Å². The van der Waals surface area contributed by atoms with Gasteiger partial charge in [-0.1, -0.05) is 15.9 Å². The van der Waals surface area contributed by atoms with Crippen molar-refractivity contribution in [1.29, 1.82) is 0 Å². The summed E-state index contributed by atoms with van der Waals surface area (Å²) in [6, 6.07) is 4.12. The van der Waals surface area contributed by atoms with Crippen molar-refractivity contribution in [2.75, 3.05) is 0 Å². The van der Waals surface area contributed by atoms with Crippen LogP contribution < -0.4 is 0 Å². The summed E-state index contributed by atoms with van der Waals surface area (Å²) >= 11 is 5.18. The maximum atomic E-state index is 9.20. The van der Waals surface area contributed by atoms with Gasteiger partial charge in [0.1, 0.15) is 0 Å². The summed E-state index contributed by atoms with van der Waals surface area (Å²) in [6.07, 6.45) is 0. The second-order valence-electron chi connectivity index (χ2n) is 2.98. The minimum atomic E-state index is 0.0914. The van der Waals surface area contributed by atoms with Gasteiger partial charge in [0, 0.05) is 14.7 Å². The fourth-order valence-corrected chi connectivity index (χ4v) is 3.07. The molecule has 0 aliphatic carbocycles. The molecule has 13 heavy (non-hydrogen) atoms. The van der Waals surface area contributed by atoms with E-state index in [1.165, 1.54) is 15.6 Å². The van der Waals surface area contributed by atoms with Crippen LogP contribution in [0.1, 0.15) is 11.1 Å². The van der Waals surface area contributed by atoms with Crippen molar-refractivity contribution in [1.82, 2.24) is 0 Å². The molecular weight excluding hydrogens is 248 g/mol. The van der Waals surface area contributed by atoms with Crippen LogP contribution in [-0.2, 0) is 6.61 Å². The van der Waals surface area contributed by atoms with Crippen molar-refractivity contribution >= 4 is 37.4 Å². The maximum Gasteiger partial charge on any atom is 0.0699 e. The molecule has 0 bridgehead atoms. The molecule has 1 aromatic heterocycles. The monoisotopic (exact) mass is 256 g/mol. The molecule has 2 aromatic rings. The van der Waals surface area contributed by atoms with Crippen LogP contribution in [0.2, 0.25) is 0 Å². The Morgan fingerprint density at radius 1 is 1.54 bits per heavy atom. The van der Waals surface area contributed by atoms with E-state index in [1.807, 2.05) is 0 Å². The summed E-state index contributed by atoms with van der Waals surface area (Å²) in [7, 11) is 0. The first kappa shape index (κ1) is 9.19. The van der Waals surface area contributed by atoms with Gasteiger partial charge in [-0.25, -0.2) is 0 Å². The summed E-state index contributed by atoms with van der Waals surface area (Å²) in [5, 5.41) is 12.4. The van der Waals surface area contributed by atoms with Crippen molar-refractivity contribution in [3.63, 3.8) is 0 Å². The number of aliphatic hydroxyl groups is 1. The van der Waals surface area contributed by atoms with Crippen LogP contribution in [-0.4, -0.2) is 5.11 Å². The highest BCUT2D eigenvalue weighted by Crippen LogP contribution is 2.32. The van der Waals surface area contributed by atoms with Gasteiger partial charge in [-0.2, -0.15) is 0 Å². The molecule has 0 aliphatic rings. The summed E-state index contributed by atoms with van der Waals surface area (Å²) < 4.78 is 2.27. The number of benzene rings is 1. The highest BCUT2D eigenvalue weighted by molar-refractivity contribution is 9.10. The van der Waals surface area contributed by atoms with Crippen LogP contribution in [0.4, 0.5) is 0 Å². The molecule has 68 valence electrons. The molecule has 0 fully saturated rings. The predicted octanol–water partition coefficient (Wildman–Crippen LogP) is 3.46. The fraction of sp³-hybridized carbons (Fsp3) is 0.200. The Balaban J connectivity index is 2.88. The van der Waals surface area contributed by atoms with Gasteiger partial charge in [-0.15, -0.1) is 11.3 Å². The highest BCUT2D eigenvalue weighted by Gasteiger charge is 2.08. The Kier molecular flexibility index (Phi) is 2.41. The number of thiophene rings is 1. The van der Waals surface area contributed by atoms with Crippen LogP contribution in [0, 0.1) is 6.92 Å². The number of halogens is 1. The standard InChI is InChI=1S/C10H9BrOS/c1-6-4-9(11)8(5-12)7-2-3-13-10(6)7/h2-4,12H,5H2,1H3. The van der Waals surface area contributed by atoms with Crippen LogP contribution in [0.15, 0.2) is 22.0 Å². The lowest BCUT2D eigenvalue weighted by Crippen LogP contribution is -1.87. The lowest BCUT2D eigenvalue weighted by atomic mass is 10.1. The number of aryl methyl sites for hydroxylation is 1. The SMILES string of the molecule is Cc1cc(Br)c(CO)c2ccsc12. The van der Waals surface area contributed by atoms with Crippen LogP contribution >= 0.6 is 27.3 Å². The summed E-state index contributed by atoms with van der Waals surface area (Å²) in [4.78, 5) is 0. The first-order chi connectivity index (χ1) is 6.24. The van der Waals surface area contributed by atoms with Gasteiger partial charge in [-0.3, -0.25) is 0 Å². The third-order valence-corrected chi connectivity index (χ3v) is 3.90. The number of hydrogen-bond donors (Lipinski definition) is 1. The molecule has 0 unspecified atom stereocenters. The topological polar surface area (TPSA) is 20.2 Å². The Morgan fingerprint density at radius 3 is 3.00 bits per heavy atom. The summed E-state index contributed by atoms with van der Waals surface area (Å²) in [6.45, 7) is 2.18. The molecule has 0 saturated carbocycles. The second-order valence-corrected chi connectivity index (χ2v) is 4.75. The molecule has 3 heteroatoms. The number of rotatable bonds is 1. The number of aliphatic hydroxyl groups excluding tert-OH is 1. The zero-order chi connectivity index (χ0) is 9.42. The quantitative estimate of drug-likeness (QED) is 0.829. The van der Waals surface area contributed by atoms with E-state index in [1.54, 1.807) is 11.3 Å². The van der Waals surface area contributed by atoms with E-state index in [4.69, 9.17) is 0 Å². The summed E-state index contributed by atoms with van der Waals surface area (Å²) in [5.41, 5.74) is 2.25. The fourth-order valence-electron chi connectivity index (χ4n) is 1.48. The zero-order valence-electron chi connectivity index (χ0n) is 7.17. The van der Waals surface area contributed by atoms with Crippen molar-refractivity contribution in [3.05, 3.63) is 33.1 Å². The summed E-state index contributed by atoms with van der Waals surface area (Å²) in [5.74, 6) is 0. The third kappa shape index (κ3) is 1.41. The molecular formula is C10H9BrOS. The van der Waals surface area contributed by atoms with Gasteiger partial charge in [0.15, 0.2) is 0 Å². The largest absolute Gasteiger partial charge is 0.392 e. The average Bonchev–Trinajstić information content (AvgIpc) is 2.53. The molecule has 0 radical (unpaired) electrons. The second kappa shape index (κ2) is 3.40. The van der Waals surface area contributed by atoms with Crippen LogP contribution in [0.25, 0.3) is 10.1 Å². The van der Waals surface area contributed by atoms with Gasteiger partial charge < -0.3 is 5.11 Å². The minimum absolute atomic E-state index is 0.0914. The first-order valence-corrected chi connectivity index (χ1v) is 5.67. The molecule has 2 rings (SSSR count). The predicted molar refractivity (Wildman–Crippen MR) is 60.2 cm³/mol. The van der Waals surface area contributed by atoms with E-state index in [0.29, 0.717) is 0 Å². The van der Waals surface area contributed by atoms with Crippen molar-refractivity contribution < 1.29 is 5.11 Å². The number of hydrogen-bond acceptors (Lipinski definition) is 2. The number of fused-ring (bicyclic) bond motifs is 1.